The van der Waals surface area contributed by atoms with Crippen molar-refractivity contribution in [3.05, 3.63) is 93.2 Å². The van der Waals surface area contributed by atoms with Crippen LogP contribution in [0.1, 0.15) is 23.6 Å². The van der Waals surface area contributed by atoms with Crippen LogP contribution in [-0.4, -0.2) is 6.61 Å². The molecule has 0 saturated carbocycles. The van der Waals surface area contributed by atoms with E-state index in [1.807, 2.05) is 13.0 Å². The van der Waals surface area contributed by atoms with Gasteiger partial charge in [-0.3, -0.25) is 0 Å². The van der Waals surface area contributed by atoms with Crippen LogP contribution in [0.3, 0.4) is 0 Å². The van der Waals surface area contributed by atoms with Gasteiger partial charge in [0.15, 0.2) is 11.5 Å². The van der Waals surface area contributed by atoms with Crippen molar-refractivity contribution in [3.63, 3.8) is 0 Å². The summed E-state index contributed by atoms with van der Waals surface area (Å²) >= 11 is 12.7. The average Bonchev–Trinajstić information content (AvgIpc) is 2.73. The zero-order valence-electron chi connectivity index (χ0n) is 16.2. The van der Waals surface area contributed by atoms with Crippen LogP contribution >= 0.6 is 23.2 Å². The van der Waals surface area contributed by atoms with Gasteiger partial charge in [-0.15, -0.1) is 0 Å². The third-order valence-electron chi connectivity index (χ3n) is 4.26. The van der Waals surface area contributed by atoms with Crippen LogP contribution in [0.2, 0.25) is 10.0 Å². The molecule has 0 fully saturated rings. The fourth-order valence-electron chi connectivity index (χ4n) is 2.86. The minimum Gasteiger partial charge on any atom is -0.490 e. The van der Waals surface area contributed by atoms with Crippen molar-refractivity contribution in [1.29, 1.82) is 5.26 Å². The van der Waals surface area contributed by atoms with E-state index in [-0.39, 0.29) is 12.4 Å². The van der Waals surface area contributed by atoms with Crippen LogP contribution in [-0.2, 0) is 6.61 Å². The second-order valence-electron chi connectivity index (χ2n) is 6.29. The maximum atomic E-state index is 13.9. The van der Waals surface area contributed by atoms with Gasteiger partial charge in [-0.1, -0.05) is 59.6 Å². The second kappa shape index (κ2) is 10.2. The van der Waals surface area contributed by atoms with E-state index < -0.39 is 0 Å². The van der Waals surface area contributed by atoms with Gasteiger partial charge in [0, 0.05) is 16.1 Å². The molecule has 3 rings (SSSR count). The highest BCUT2D eigenvalue weighted by atomic mass is 35.5. The van der Waals surface area contributed by atoms with Gasteiger partial charge in [0.05, 0.1) is 23.3 Å². The molecule has 152 valence electrons. The van der Waals surface area contributed by atoms with Gasteiger partial charge < -0.3 is 9.47 Å². The lowest BCUT2D eigenvalue weighted by Gasteiger charge is -2.15. The lowest BCUT2D eigenvalue weighted by molar-refractivity contribution is 0.266. The Kier molecular flexibility index (Phi) is 7.35. The summed E-state index contributed by atoms with van der Waals surface area (Å²) in [6.45, 7) is 2.22. The molecule has 3 aromatic carbocycles. The summed E-state index contributed by atoms with van der Waals surface area (Å²) in [5.41, 5.74) is 2.07. The predicted molar refractivity (Wildman–Crippen MR) is 118 cm³/mol. The molecule has 0 aromatic heterocycles. The molecular formula is C24H18Cl2FNO2. The molecule has 3 nitrogen and oxygen atoms in total. The summed E-state index contributed by atoms with van der Waals surface area (Å²) in [5.74, 6) is 0.365. The maximum Gasteiger partial charge on any atom is 0.180 e. The SMILES string of the molecule is CCOc1cc(C=C(C#N)c2ccccc2Cl)cc(Cl)c1OCc1ccccc1F. The number of hydrogen-bond donors (Lipinski definition) is 0. The average molecular weight is 442 g/mol. The fourth-order valence-corrected chi connectivity index (χ4v) is 3.37. The molecule has 0 saturated heterocycles. The van der Waals surface area contributed by atoms with E-state index in [9.17, 15) is 9.65 Å². The summed E-state index contributed by atoms with van der Waals surface area (Å²) in [6, 6.07) is 19.0. The van der Waals surface area contributed by atoms with E-state index in [0.717, 1.165) is 0 Å². The highest BCUT2D eigenvalue weighted by Gasteiger charge is 2.14. The number of ether oxygens (including phenoxy) is 2. The third kappa shape index (κ3) is 5.13. The largest absolute Gasteiger partial charge is 0.490 e. The molecule has 0 N–H and O–H groups in total. The summed E-state index contributed by atoms with van der Waals surface area (Å²) in [6.07, 6.45) is 1.68. The highest BCUT2D eigenvalue weighted by Crippen LogP contribution is 2.38. The summed E-state index contributed by atoms with van der Waals surface area (Å²) < 4.78 is 25.3. The monoisotopic (exact) mass is 441 g/mol. The Morgan fingerprint density at radius 2 is 1.77 bits per heavy atom. The smallest absolute Gasteiger partial charge is 0.180 e. The molecule has 0 aliphatic rings. The highest BCUT2D eigenvalue weighted by molar-refractivity contribution is 6.33. The molecule has 0 spiro atoms. The van der Waals surface area contributed by atoms with Gasteiger partial charge in [-0.05, 0) is 42.8 Å². The Bertz CT molecular complexity index is 1120. The van der Waals surface area contributed by atoms with Crippen LogP contribution < -0.4 is 9.47 Å². The van der Waals surface area contributed by atoms with E-state index in [2.05, 4.69) is 6.07 Å². The summed E-state index contributed by atoms with van der Waals surface area (Å²) in [4.78, 5) is 0. The molecule has 0 amide bonds. The number of nitriles is 1. The van der Waals surface area contributed by atoms with Crippen molar-refractivity contribution in [2.45, 2.75) is 13.5 Å². The standard InChI is InChI=1S/C24H18Cl2FNO2/c1-2-29-23-13-16(11-18(14-28)19-8-4-5-9-20(19)25)12-21(26)24(23)30-15-17-7-3-6-10-22(17)27/h3-13H,2,15H2,1H3. The van der Waals surface area contributed by atoms with Gasteiger partial charge in [0.1, 0.15) is 12.4 Å². The van der Waals surface area contributed by atoms with Crippen molar-refractivity contribution >= 4 is 34.9 Å². The van der Waals surface area contributed by atoms with Gasteiger partial charge in [-0.25, -0.2) is 4.39 Å². The number of nitrogens with zero attached hydrogens (tertiary/aromatic N) is 1. The van der Waals surface area contributed by atoms with Crippen molar-refractivity contribution < 1.29 is 13.9 Å². The molecule has 0 unspecified atom stereocenters. The molecule has 30 heavy (non-hydrogen) atoms. The van der Waals surface area contributed by atoms with Crippen molar-refractivity contribution in [2.24, 2.45) is 0 Å². The number of hydrogen-bond acceptors (Lipinski definition) is 3. The van der Waals surface area contributed by atoms with Crippen LogP contribution in [0.25, 0.3) is 11.6 Å². The topological polar surface area (TPSA) is 42.2 Å². The molecule has 0 atom stereocenters. The molecule has 0 aliphatic carbocycles. The molecule has 0 aliphatic heterocycles. The van der Waals surface area contributed by atoms with E-state index in [1.54, 1.807) is 54.6 Å². The van der Waals surface area contributed by atoms with E-state index in [0.29, 0.717) is 50.4 Å². The van der Waals surface area contributed by atoms with Gasteiger partial charge >= 0.3 is 0 Å². The zero-order chi connectivity index (χ0) is 21.5. The summed E-state index contributed by atoms with van der Waals surface area (Å²) in [7, 11) is 0. The first-order chi connectivity index (χ1) is 14.5. The number of rotatable bonds is 7. The number of allylic oxidation sites excluding steroid dienone is 1. The van der Waals surface area contributed by atoms with Gasteiger partial charge in [0.2, 0.25) is 0 Å². The predicted octanol–water partition coefficient (Wildman–Crippen LogP) is 7.17. The van der Waals surface area contributed by atoms with E-state index in [1.165, 1.54) is 6.07 Å². The first-order valence-electron chi connectivity index (χ1n) is 9.22. The Morgan fingerprint density at radius 3 is 2.47 bits per heavy atom. The summed E-state index contributed by atoms with van der Waals surface area (Å²) in [5, 5.41) is 10.4. The number of halogens is 3. The second-order valence-corrected chi connectivity index (χ2v) is 7.11. The van der Waals surface area contributed by atoms with Crippen LogP contribution in [0, 0.1) is 17.1 Å². The number of benzene rings is 3. The van der Waals surface area contributed by atoms with Crippen LogP contribution in [0.15, 0.2) is 60.7 Å². The fraction of sp³-hybridized carbons (Fsp3) is 0.125. The first-order valence-corrected chi connectivity index (χ1v) is 9.98. The Labute approximate surface area is 184 Å². The minimum absolute atomic E-state index is 0.00468. The first kappa shape index (κ1) is 21.7. The molecule has 0 heterocycles. The Balaban J connectivity index is 1.95. The molecule has 3 aromatic rings. The van der Waals surface area contributed by atoms with E-state index in [4.69, 9.17) is 32.7 Å². The Morgan fingerprint density at radius 1 is 1.03 bits per heavy atom. The third-order valence-corrected chi connectivity index (χ3v) is 4.87. The lowest BCUT2D eigenvalue weighted by Crippen LogP contribution is -2.02. The maximum absolute atomic E-state index is 13.9. The van der Waals surface area contributed by atoms with Crippen molar-refractivity contribution in [2.75, 3.05) is 6.61 Å². The molecule has 0 radical (unpaired) electrons. The zero-order valence-corrected chi connectivity index (χ0v) is 17.7. The normalized spacial score (nSPS) is 11.1. The van der Waals surface area contributed by atoms with Crippen LogP contribution in [0.4, 0.5) is 4.39 Å². The minimum atomic E-state index is -0.357. The van der Waals surface area contributed by atoms with Crippen molar-refractivity contribution in [3.8, 4) is 17.6 Å². The van der Waals surface area contributed by atoms with Crippen molar-refractivity contribution in [1.82, 2.24) is 0 Å². The van der Waals surface area contributed by atoms with E-state index >= 15 is 0 Å². The molecular weight excluding hydrogens is 424 g/mol. The van der Waals surface area contributed by atoms with Crippen LogP contribution in [0.5, 0.6) is 11.5 Å². The molecule has 6 heteroatoms. The lowest BCUT2D eigenvalue weighted by atomic mass is 10.0. The van der Waals surface area contributed by atoms with Gasteiger partial charge in [-0.2, -0.15) is 5.26 Å². The Hall–Kier alpha value is -3.00. The molecule has 0 bridgehead atoms. The van der Waals surface area contributed by atoms with Gasteiger partial charge in [0.25, 0.3) is 0 Å². The quantitative estimate of drug-likeness (QED) is 0.288.